The molecule has 0 aliphatic carbocycles. The van der Waals surface area contributed by atoms with Crippen LogP contribution in [0.3, 0.4) is 0 Å². The van der Waals surface area contributed by atoms with Crippen LogP contribution in [0, 0.1) is 6.92 Å². The van der Waals surface area contributed by atoms with E-state index < -0.39 is 0 Å². The number of anilines is 1. The third-order valence-electron chi connectivity index (χ3n) is 6.44. The number of esters is 1. The van der Waals surface area contributed by atoms with Gasteiger partial charge in [-0.1, -0.05) is 60.2 Å². The summed E-state index contributed by atoms with van der Waals surface area (Å²) in [7, 11) is 0. The molecule has 36 heavy (non-hydrogen) atoms. The van der Waals surface area contributed by atoms with Crippen molar-refractivity contribution in [2.24, 2.45) is 0 Å². The zero-order chi connectivity index (χ0) is 25.1. The Morgan fingerprint density at radius 3 is 2.56 bits per heavy atom. The van der Waals surface area contributed by atoms with Crippen LogP contribution in [-0.2, 0) is 22.5 Å². The summed E-state index contributed by atoms with van der Waals surface area (Å²) in [5.41, 5.74) is 6.89. The fourth-order valence-electron chi connectivity index (χ4n) is 4.81. The number of urea groups is 1. The number of aryl methyl sites for hydroxylation is 1. The number of benzene rings is 3. The van der Waals surface area contributed by atoms with E-state index in [2.05, 4.69) is 59.4 Å². The second-order valence-corrected chi connectivity index (χ2v) is 8.99. The van der Waals surface area contributed by atoms with Crippen LogP contribution in [0.25, 0.3) is 5.69 Å². The number of aromatic nitrogens is 1. The van der Waals surface area contributed by atoms with Gasteiger partial charge in [0, 0.05) is 17.6 Å². The highest BCUT2D eigenvalue weighted by atomic mass is 16.5. The Morgan fingerprint density at radius 2 is 1.78 bits per heavy atom. The molecule has 0 spiro atoms. The summed E-state index contributed by atoms with van der Waals surface area (Å²) in [5.74, 6) is -0.262. The van der Waals surface area contributed by atoms with Crippen LogP contribution in [0.2, 0.25) is 0 Å². The van der Waals surface area contributed by atoms with Gasteiger partial charge in [0.2, 0.25) is 0 Å². The van der Waals surface area contributed by atoms with E-state index in [1.54, 1.807) is 6.92 Å². The van der Waals surface area contributed by atoms with Gasteiger partial charge in [0.1, 0.15) is 0 Å². The zero-order valence-corrected chi connectivity index (χ0v) is 20.5. The van der Waals surface area contributed by atoms with Gasteiger partial charge in [0.05, 0.1) is 31.3 Å². The minimum atomic E-state index is -0.268. The van der Waals surface area contributed by atoms with Crippen molar-refractivity contribution in [3.8, 4) is 5.69 Å². The smallest absolute Gasteiger partial charge is 0.322 e. The third-order valence-corrected chi connectivity index (χ3v) is 6.44. The molecular formula is C30H29N3O3. The SMILES string of the molecule is CCOC(=O)Cc1ccc(NC(=O)N2Cc3ccccc3-n3cccc3[C@H]2c2cccc(C)c2)cc1. The normalized spacial score (nSPS) is 14.4. The monoisotopic (exact) mass is 479 g/mol. The summed E-state index contributed by atoms with van der Waals surface area (Å²) in [6.07, 6.45) is 2.26. The van der Waals surface area contributed by atoms with Crippen LogP contribution in [0.4, 0.5) is 10.5 Å². The maximum Gasteiger partial charge on any atom is 0.322 e. The lowest BCUT2D eigenvalue weighted by Gasteiger charge is -2.31. The molecule has 1 aromatic heterocycles. The van der Waals surface area contributed by atoms with Crippen molar-refractivity contribution < 1.29 is 14.3 Å². The molecule has 0 saturated carbocycles. The molecule has 2 amide bonds. The van der Waals surface area contributed by atoms with Crippen LogP contribution in [0.15, 0.2) is 91.1 Å². The number of hydrogen-bond donors (Lipinski definition) is 1. The van der Waals surface area contributed by atoms with Crippen LogP contribution in [0.5, 0.6) is 0 Å². The lowest BCUT2D eigenvalue weighted by atomic mass is 10.00. The minimum absolute atomic E-state index is 0.191. The van der Waals surface area contributed by atoms with Crippen molar-refractivity contribution in [3.63, 3.8) is 0 Å². The number of rotatable bonds is 5. The Morgan fingerprint density at radius 1 is 0.972 bits per heavy atom. The Labute approximate surface area is 211 Å². The predicted molar refractivity (Wildman–Crippen MR) is 140 cm³/mol. The average Bonchev–Trinajstić information content (AvgIpc) is 3.29. The van der Waals surface area contributed by atoms with E-state index in [4.69, 9.17) is 4.74 Å². The van der Waals surface area contributed by atoms with E-state index >= 15 is 0 Å². The van der Waals surface area contributed by atoms with E-state index in [0.717, 1.165) is 33.6 Å². The average molecular weight is 480 g/mol. The molecule has 0 saturated heterocycles. The first-order chi connectivity index (χ1) is 17.5. The number of para-hydroxylation sites is 1. The summed E-state index contributed by atoms with van der Waals surface area (Å²) in [5, 5.41) is 3.07. The Balaban J connectivity index is 1.48. The number of nitrogens with zero attached hydrogens (tertiary/aromatic N) is 2. The second-order valence-electron chi connectivity index (χ2n) is 8.99. The van der Waals surface area contributed by atoms with Gasteiger partial charge >= 0.3 is 12.0 Å². The molecule has 1 N–H and O–H groups in total. The molecule has 2 heterocycles. The number of fused-ring (bicyclic) bond motifs is 3. The summed E-state index contributed by atoms with van der Waals surface area (Å²) >= 11 is 0. The number of carbonyl (C=O) groups is 2. The van der Waals surface area contributed by atoms with E-state index in [-0.39, 0.29) is 24.5 Å². The lowest BCUT2D eigenvalue weighted by molar-refractivity contribution is -0.142. The van der Waals surface area contributed by atoms with Gasteiger partial charge in [0.15, 0.2) is 0 Å². The van der Waals surface area contributed by atoms with Gasteiger partial charge in [-0.05, 0) is 60.9 Å². The van der Waals surface area contributed by atoms with E-state index in [9.17, 15) is 9.59 Å². The van der Waals surface area contributed by atoms with Crippen molar-refractivity contribution in [2.45, 2.75) is 32.9 Å². The standard InChI is InChI=1S/C30H29N3O3/c1-3-36-28(34)19-22-13-15-25(16-14-22)31-30(35)33-20-24-9-4-5-11-26(24)32-17-7-12-27(32)29(33)23-10-6-8-21(2)18-23/h4-18,29H,3,19-20H2,1-2H3,(H,31,35)/t29-/m1/s1. The van der Waals surface area contributed by atoms with Crippen molar-refractivity contribution in [1.82, 2.24) is 9.47 Å². The van der Waals surface area contributed by atoms with Crippen LogP contribution in [0.1, 0.15) is 40.9 Å². The Bertz CT molecular complexity index is 1390. The fraction of sp³-hybridized carbons (Fsp3) is 0.200. The first-order valence-corrected chi connectivity index (χ1v) is 12.2. The summed E-state index contributed by atoms with van der Waals surface area (Å²) in [6.45, 7) is 4.68. The fourth-order valence-corrected chi connectivity index (χ4v) is 4.81. The topological polar surface area (TPSA) is 63.6 Å². The maximum absolute atomic E-state index is 13.8. The zero-order valence-electron chi connectivity index (χ0n) is 20.5. The Kier molecular flexibility index (Phi) is 6.58. The molecule has 3 aromatic carbocycles. The van der Waals surface area contributed by atoms with Gasteiger partial charge in [0.25, 0.3) is 0 Å². The van der Waals surface area contributed by atoms with Crippen LogP contribution >= 0.6 is 0 Å². The summed E-state index contributed by atoms with van der Waals surface area (Å²) in [4.78, 5) is 27.5. The Hall–Kier alpha value is -4.32. The molecule has 5 rings (SSSR count). The molecule has 0 bridgehead atoms. The molecule has 4 aromatic rings. The molecule has 0 radical (unpaired) electrons. The van der Waals surface area contributed by atoms with Gasteiger partial charge < -0.3 is 19.5 Å². The van der Waals surface area contributed by atoms with E-state index in [1.165, 1.54) is 0 Å². The van der Waals surface area contributed by atoms with Gasteiger partial charge in [-0.15, -0.1) is 0 Å². The lowest BCUT2D eigenvalue weighted by Crippen LogP contribution is -2.38. The van der Waals surface area contributed by atoms with Crippen molar-refractivity contribution in [2.75, 3.05) is 11.9 Å². The number of carbonyl (C=O) groups excluding carboxylic acids is 2. The summed E-state index contributed by atoms with van der Waals surface area (Å²) in [6, 6.07) is 27.5. The molecule has 6 nitrogen and oxygen atoms in total. The summed E-state index contributed by atoms with van der Waals surface area (Å²) < 4.78 is 7.21. The van der Waals surface area contributed by atoms with Gasteiger partial charge in [-0.2, -0.15) is 0 Å². The molecule has 182 valence electrons. The van der Waals surface area contributed by atoms with Crippen LogP contribution < -0.4 is 5.32 Å². The molecule has 1 aliphatic heterocycles. The van der Waals surface area contributed by atoms with Gasteiger partial charge in [-0.3, -0.25) is 4.79 Å². The highest BCUT2D eigenvalue weighted by Gasteiger charge is 2.33. The quantitative estimate of drug-likeness (QED) is 0.356. The van der Waals surface area contributed by atoms with E-state index in [1.807, 2.05) is 53.4 Å². The highest BCUT2D eigenvalue weighted by molar-refractivity contribution is 5.90. The second kappa shape index (κ2) is 10.1. The first-order valence-electron chi connectivity index (χ1n) is 12.2. The number of ether oxygens (including phenoxy) is 1. The molecule has 6 heteroatoms. The molecule has 0 fully saturated rings. The predicted octanol–water partition coefficient (Wildman–Crippen LogP) is 6.03. The molecule has 0 unspecified atom stereocenters. The molecule has 1 atom stereocenters. The number of amides is 2. The van der Waals surface area contributed by atoms with E-state index in [0.29, 0.717) is 18.8 Å². The minimum Gasteiger partial charge on any atom is -0.466 e. The first kappa shape index (κ1) is 23.4. The molecule has 1 aliphatic rings. The van der Waals surface area contributed by atoms with Crippen molar-refractivity contribution >= 4 is 17.7 Å². The highest BCUT2D eigenvalue weighted by Crippen LogP contribution is 2.37. The number of hydrogen-bond acceptors (Lipinski definition) is 3. The van der Waals surface area contributed by atoms with Crippen LogP contribution in [-0.4, -0.2) is 28.1 Å². The number of nitrogens with one attached hydrogen (secondary N) is 1. The molecular weight excluding hydrogens is 450 g/mol. The largest absolute Gasteiger partial charge is 0.466 e. The van der Waals surface area contributed by atoms with Gasteiger partial charge in [-0.25, -0.2) is 4.79 Å². The third kappa shape index (κ3) is 4.75. The van der Waals surface area contributed by atoms with Crippen molar-refractivity contribution in [3.05, 3.63) is 119 Å². The van der Waals surface area contributed by atoms with Crippen molar-refractivity contribution in [1.29, 1.82) is 0 Å². The maximum atomic E-state index is 13.8.